The summed E-state index contributed by atoms with van der Waals surface area (Å²) in [5.74, 6) is 0.225. The van der Waals surface area contributed by atoms with Crippen LogP contribution in [0, 0.1) is 0 Å². The molecule has 3 aromatic rings. The molecule has 3 aliphatic rings. The van der Waals surface area contributed by atoms with Gasteiger partial charge in [0.25, 0.3) is 5.91 Å². The third-order valence-electron chi connectivity index (χ3n) is 8.26. The minimum atomic E-state index is -3.10. The Bertz CT molecular complexity index is 1370. The zero-order valence-electron chi connectivity index (χ0n) is 23.4. The lowest BCUT2D eigenvalue weighted by Crippen LogP contribution is -2.31. The van der Waals surface area contributed by atoms with Gasteiger partial charge in [0.15, 0.2) is 0 Å². The highest BCUT2D eigenvalue weighted by molar-refractivity contribution is 6.02. The molecule has 1 saturated carbocycles. The van der Waals surface area contributed by atoms with Crippen LogP contribution in [0.25, 0.3) is 22.1 Å². The van der Waals surface area contributed by atoms with Crippen molar-refractivity contribution in [3.05, 3.63) is 42.2 Å². The lowest BCUT2D eigenvalue weighted by Gasteiger charge is -2.22. The van der Waals surface area contributed by atoms with Crippen LogP contribution in [-0.2, 0) is 0 Å². The summed E-state index contributed by atoms with van der Waals surface area (Å²) in [6, 6.07) is 9.02. The Morgan fingerprint density at radius 3 is 2.59 bits per heavy atom. The van der Waals surface area contributed by atoms with Crippen molar-refractivity contribution in [1.82, 2.24) is 15.1 Å². The van der Waals surface area contributed by atoms with Crippen LogP contribution in [0.15, 0.2) is 41.0 Å². The molecule has 41 heavy (non-hydrogen) atoms. The molecule has 1 aromatic heterocycles. The summed E-state index contributed by atoms with van der Waals surface area (Å²) in [6.07, 6.45) is 7.81. The molecule has 220 valence electrons. The number of hydrogen-bond acceptors (Lipinski definition) is 7. The van der Waals surface area contributed by atoms with E-state index in [2.05, 4.69) is 15.1 Å². The van der Waals surface area contributed by atoms with Crippen molar-refractivity contribution in [1.29, 1.82) is 0 Å². The summed E-state index contributed by atoms with van der Waals surface area (Å²) in [6.45, 7) is 1.91. The van der Waals surface area contributed by atoms with E-state index in [1.807, 2.05) is 25.2 Å². The number of carbonyl (C=O) groups excluding carboxylic acids is 1. The van der Waals surface area contributed by atoms with E-state index in [4.69, 9.17) is 18.6 Å². The average molecular weight is 570 g/mol. The van der Waals surface area contributed by atoms with E-state index in [-0.39, 0.29) is 29.1 Å². The predicted molar refractivity (Wildman–Crippen MR) is 151 cm³/mol. The fourth-order valence-corrected chi connectivity index (χ4v) is 5.75. The van der Waals surface area contributed by atoms with Crippen molar-refractivity contribution in [3.8, 4) is 28.4 Å². The summed E-state index contributed by atoms with van der Waals surface area (Å²) in [7, 11) is 2.03. The van der Waals surface area contributed by atoms with E-state index in [9.17, 15) is 13.6 Å². The summed E-state index contributed by atoms with van der Waals surface area (Å²) in [4.78, 5) is 17.8. The number of nitrogens with one attached hydrogen (secondary N) is 1. The SMILES string of the molecule is CN1CCC[C@H]1COc1cc(-c2coc3cc(OCCN4CCCC4)ccc23)cc(OC(F)F)c1C(=O)NC1CC1. The third-order valence-corrected chi connectivity index (χ3v) is 8.26. The number of likely N-dealkylation sites (tertiary alicyclic amines) is 2. The maximum Gasteiger partial charge on any atom is 0.387 e. The maximum absolute atomic E-state index is 13.6. The molecule has 3 heterocycles. The molecular formula is C31H37F2N3O5. The van der Waals surface area contributed by atoms with E-state index in [1.165, 1.54) is 18.9 Å². The monoisotopic (exact) mass is 569 g/mol. The van der Waals surface area contributed by atoms with Crippen LogP contribution in [0.1, 0.15) is 48.9 Å². The number of alkyl halides is 2. The number of ether oxygens (including phenoxy) is 3. The van der Waals surface area contributed by atoms with Crippen molar-refractivity contribution in [2.75, 3.05) is 46.4 Å². The largest absolute Gasteiger partial charge is 0.492 e. The van der Waals surface area contributed by atoms with Gasteiger partial charge < -0.3 is 28.8 Å². The van der Waals surface area contributed by atoms with Crippen molar-refractivity contribution >= 4 is 16.9 Å². The number of rotatable bonds is 12. The summed E-state index contributed by atoms with van der Waals surface area (Å²) < 4.78 is 50.1. The molecule has 8 nitrogen and oxygen atoms in total. The minimum Gasteiger partial charge on any atom is -0.492 e. The zero-order chi connectivity index (χ0) is 28.3. The molecule has 0 unspecified atom stereocenters. The second-order valence-corrected chi connectivity index (χ2v) is 11.3. The number of nitrogens with zero attached hydrogens (tertiary/aromatic N) is 2. The van der Waals surface area contributed by atoms with E-state index in [1.54, 1.807) is 12.3 Å². The zero-order valence-corrected chi connectivity index (χ0v) is 23.4. The van der Waals surface area contributed by atoms with Crippen LogP contribution in [0.2, 0.25) is 0 Å². The molecule has 10 heteroatoms. The maximum atomic E-state index is 13.6. The first kappa shape index (κ1) is 27.8. The van der Waals surface area contributed by atoms with E-state index >= 15 is 0 Å². The van der Waals surface area contributed by atoms with Crippen LogP contribution >= 0.6 is 0 Å². The van der Waals surface area contributed by atoms with Crippen LogP contribution in [0.4, 0.5) is 8.78 Å². The number of likely N-dealkylation sites (N-methyl/N-ethyl adjacent to an activating group) is 1. The van der Waals surface area contributed by atoms with Gasteiger partial charge in [-0.3, -0.25) is 9.69 Å². The van der Waals surface area contributed by atoms with Crippen molar-refractivity contribution in [2.24, 2.45) is 0 Å². The first-order valence-electron chi connectivity index (χ1n) is 14.6. The van der Waals surface area contributed by atoms with Crippen LogP contribution in [0.5, 0.6) is 17.2 Å². The predicted octanol–water partition coefficient (Wildman–Crippen LogP) is 5.54. The molecule has 2 aromatic carbocycles. The van der Waals surface area contributed by atoms with Gasteiger partial charge in [0.1, 0.15) is 41.6 Å². The van der Waals surface area contributed by atoms with Gasteiger partial charge in [-0.25, -0.2) is 0 Å². The molecular weight excluding hydrogens is 532 g/mol. The Hall–Kier alpha value is -3.37. The number of amides is 1. The quantitative estimate of drug-likeness (QED) is 0.307. The number of halogens is 2. The number of furan rings is 1. The highest BCUT2D eigenvalue weighted by Crippen LogP contribution is 2.40. The Labute approximate surface area is 238 Å². The lowest BCUT2D eigenvalue weighted by atomic mass is 10.0. The number of hydrogen-bond donors (Lipinski definition) is 1. The van der Waals surface area contributed by atoms with Crippen LogP contribution in [0.3, 0.4) is 0 Å². The van der Waals surface area contributed by atoms with E-state index in [0.29, 0.717) is 35.7 Å². The second kappa shape index (κ2) is 12.2. The smallest absolute Gasteiger partial charge is 0.387 e. The molecule has 1 atom stereocenters. The molecule has 2 aliphatic heterocycles. The van der Waals surface area contributed by atoms with Gasteiger partial charge >= 0.3 is 6.61 Å². The van der Waals surface area contributed by atoms with Crippen molar-refractivity contribution in [3.63, 3.8) is 0 Å². The van der Waals surface area contributed by atoms with Crippen LogP contribution in [-0.4, -0.2) is 80.8 Å². The number of benzene rings is 2. The molecule has 3 fully saturated rings. The number of fused-ring (bicyclic) bond motifs is 1. The number of carbonyl (C=O) groups is 1. The topological polar surface area (TPSA) is 76.4 Å². The molecule has 0 spiro atoms. The lowest BCUT2D eigenvalue weighted by molar-refractivity contribution is -0.0502. The van der Waals surface area contributed by atoms with Gasteiger partial charge in [-0.05, 0) is 95.0 Å². The first-order valence-corrected chi connectivity index (χ1v) is 14.6. The minimum absolute atomic E-state index is 0.0110. The fourth-order valence-electron chi connectivity index (χ4n) is 5.75. The molecule has 0 radical (unpaired) electrons. The Morgan fingerprint density at radius 1 is 1.05 bits per heavy atom. The van der Waals surface area contributed by atoms with E-state index < -0.39 is 12.5 Å². The van der Waals surface area contributed by atoms with E-state index in [0.717, 1.165) is 57.2 Å². The third kappa shape index (κ3) is 6.59. The average Bonchev–Trinajstić information content (AvgIpc) is 3.29. The van der Waals surface area contributed by atoms with Gasteiger partial charge in [-0.2, -0.15) is 8.78 Å². The molecule has 1 N–H and O–H groups in total. The summed E-state index contributed by atoms with van der Waals surface area (Å²) >= 11 is 0. The molecule has 6 rings (SSSR count). The van der Waals surface area contributed by atoms with Gasteiger partial charge in [0, 0.05) is 35.6 Å². The Kier molecular flexibility index (Phi) is 8.30. The van der Waals surface area contributed by atoms with Gasteiger partial charge in [-0.1, -0.05) is 0 Å². The first-order chi connectivity index (χ1) is 19.9. The van der Waals surface area contributed by atoms with Crippen molar-refractivity contribution < 1.29 is 32.2 Å². The summed E-state index contributed by atoms with van der Waals surface area (Å²) in [5.41, 5.74) is 1.84. The molecule has 1 amide bonds. The molecule has 0 bridgehead atoms. The van der Waals surface area contributed by atoms with Gasteiger partial charge in [-0.15, -0.1) is 0 Å². The Morgan fingerprint density at radius 2 is 1.85 bits per heavy atom. The highest BCUT2D eigenvalue weighted by atomic mass is 19.3. The summed E-state index contributed by atoms with van der Waals surface area (Å²) in [5, 5.41) is 3.68. The van der Waals surface area contributed by atoms with Crippen molar-refractivity contribution in [2.45, 2.75) is 57.2 Å². The second-order valence-electron chi connectivity index (χ2n) is 11.3. The fraction of sp³-hybridized carbons (Fsp3) is 0.516. The normalized spacial score (nSPS) is 19.8. The Balaban J connectivity index is 1.30. The molecule has 2 saturated heterocycles. The highest BCUT2D eigenvalue weighted by Gasteiger charge is 2.30. The standard InChI is InChI=1S/C31H37F2N3O5/c1-35-10-4-5-22(35)18-39-27-15-20(16-28(41-31(32)33)29(27)30(37)34-21-6-7-21)25-19-40-26-17-23(8-9-24(25)26)38-14-13-36-11-2-3-12-36/h8-9,15-17,19,21-22,31H,2-7,10-14,18H2,1H3,(H,34,37)/t22-/m0/s1. The van der Waals surface area contributed by atoms with Crippen LogP contribution < -0.4 is 19.5 Å². The molecule has 1 aliphatic carbocycles. The van der Waals surface area contributed by atoms with Gasteiger partial charge in [0.2, 0.25) is 0 Å². The van der Waals surface area contributed by atoms with Gasteiger partial charge in [0.05, 0.1) is 6.26 Å².